The quantitative estimate of drug-likeness (QED) is 0.808. The molecule has 142 valence electrons. The lowest BCUT2D eigenvalue weighted by Crippen LogP contribution is -2.31. The molecule has 2 aromatic carbocycles. The molecule has 3 rings (SSSR count). The Labute approximate surface area is 156 Å². The van der Waals surface area contributed by atoms with Gasteiger partial charge in [0.1, 0.15) is 17.3 Å². The smallest absolute Gasteiger partial charge is 0.311 e. The van der Waals surface area contributed by atoms with E-state index in [-0.39, 0.29) is 6.42 Å². The van der Waals surface area contributed by atoms with Crippen LogP contribution in [0.5, 0.6) is 0 Å². The van der Waals surface area contributed by atoms with Gasteiger partial charge in [-0.05, 0) is 61.4 Å². The summed E-state index contributed by atoms with van der Waals surface area (Å²) < 4.78 is 32.3. The third-order valence-corrected chi connectivity index (χ3v) is 4.65. The van der Waals surface area contributed by atoms with E-state index in [4.69, 9.17) is 4.74 Å². The minimum Gasteiger partial charge on any atom is -0.452 e. The molecule has 1 aliphatic rings. The zero-order valence-electron chi connectivity index (χ0n) is 15.1. The molecule has 6 heteroatoms. The number of anilines is 1. The van der Waals surface area contributed by atoms with E-state index in [9.17, 15) is 18.4 Å². The molecule has 0 aromatic heterocycles. The molecule has 1 N–H and O–H groups in total. The monoisotopic (exact) mass is 373 g/mol. The summed E-state index contributed by atoms with van der Waals surface area (Å²) in [5.74, 6) is -3.15. The van der Waals surface area contributed by atoms with Crippen LogP contribution in [0.3, 0.4) is 0 Å². The van der Waals surface area contributed by atoms with E-state index in [2.05, 4.69) is 5.32 Å². The number of amides is 1. The Morgan fingerprint density at radius 3 is 2.44 bits per heavy atom. The standard InChI is InChI=1S/C21H21F2NO3/c1-13(21(26)24-20-17(22)7-4-8-18(20)23)27-19(25)12-14-9-10-15-5-2-3-6-16(15)11-14/h4,7-11,13H,2-3,5-6,12H2,1H3,(H,24,26)/t13-/m0/s1. The number of para-hydroxylation sites is 1. The van der Waals surface area contributed by atoms with Gasteiger partial charge in [0.2, 0.25) is 0 Å². The number of ether oxygens (including phenoxy) is 1. The van der Waals surface area contributed by atoms with Gasteiger partial charge in [0, 0.05) is 0 Å². The Kier molecular flexibility index (Phi) is 5.84. The van der Waals surface area contributed by atoms with Crippen molar-refractivity contribution in [3.8, 4) is 0 Å². The van der Waals surface area contributed by atoms with Gasteiger partial charge in [0.05, 0.1) is 6.42 Å². The average Bonchev–Trinajstić information content (AvgIpc) is 2.64. The molecule has 2 aromatic rings. The molecule has 0 spiro atoms. The Morgan fingerprint density at radius 2 is 1.74 bits per heavy atom. The second-order valence-electron chi connectivity index (χ2n) is 6.70. The van der Waals surface area contributed by atoms with Crippen molar-refractivity contribution in [2.24, 2.45) is 0 Å². The number of nitrogens with one attached hydrogen (secondary N) is 1. The zero-order valence-corrected chi connectivity index (χ0v) is 15.1. The highest BCUT2D eigenvalue weighted by Gasteiger charge is 2.21. The molecular formula is C21H21F2NO3. The number of carbonyl (C=O) groups is 2. The average molecular weight is 373 g/mol. The van der Waals surface area contributed by atoms with Crippen molar-refractivity contribution < 1.29 is 23.1 Å². The number of hydrogen-bond acceptors (Lipinski definition) is 3. The van der Waals surface area contributed by atoms with Crippen LogP contribution in [0.4, 0.5) is 14.5 Å². The highest BCUT2D eigenvalue weighted by molar-refractivity contribution is 5.95. The maximum atomic E-state index is 13.6. The molecule has 0 saturated carbocycles. The van der Waals surface area contributed by atoms with E-state index in [1.807, 2.05) is 18.2 Å². The van der Waals surface area contributed by atoms with Crippen LogP contribution in [0, 0.1) is 11.6 Å². The van der Waals surface area contributed by atoms with Crippen LogP contribution < -0.4 is 5.32 Å². The molecular weight excluding hydrogens is 352 g/mol. The molecule has 1 amide bonds. The SMILES string of the molecule is C[C@H](OC(=O)Cc1ccc2c(c1)CCCC2)C(=O)Nc1c(F)cccc1F. The number of benzene rings is 2. The maximum absolute atomic E-state index is 13.6. The predicted octanol–water partition coefficient (Wildman–Crippen LogP) is 3.96. The molecule has 0 bridgehead atoms. The summed E-state index contributed by atoms with van der Waals surface area (Å²) in [4.78, 5) is 24.2. The summed E-state index contributed by atoms with van der Waals surface area (Å²) in [6.45, 7) is 1.36. The number of rotatable bonds is 5. The summed E-state index contributed by atoms with van der Waals surface area (Å²) in [6, 6.07) is 9.20. The van der Waals surface area contributed by atoms with Crippen molar-refractivity contribution in [3.63, 3.8) is 0 Å². The first-order valence-electron chi connectivity index (χ1n) is 8.99. The molecule has 0 aliphatic heterocycles. The van der Waals surface area contributed by atoms with Crippen molar-refractivity contribution in [1.29, 1.82) is 0 Å². The van der Waals surface area contributed by atoms with Crippen molar-refractivity contribution in [2.75, 3.05) is 5.32 Å². The molecule has 0 radical (unpaired) electrons. The molecule has 4 nitrogen and oxygen atoms in total. The van der Waals surface area contributed by atoms with Gasteiger partial charge in [-0.25, -0.2) is 8.78 Å². The Hall–Kier alpha value is -2.76. The lowest BCUT2D eigenvalue weighted by molar-refractivity contribution is -0.152. The first-order valence-corrected chi connectivity index (χ1v) is 8.99. The second kappa shape index (κ2) is 8.29. The molecule has 0 heterocycles. The number of carbonyl (C=O) groups excluding carboxylic acids is 2. The van der Waals surface area contributed by atoms with Gasteiger partial charge < -0.3 is 10.1 Å². The third kappa shape index (κ3) is 4.70. The van der Waals surface area contributed by atoms with Crippen molar-refractivity contribution in [2.45, 2.75) is 45.1 Å². The summed E-state index contributed by atoms with van der Waals surface area (Å²) >= 11 is 0. The Balaban J connectivity index is 1.58. The van der Waals surface area contributed by atoms with Crippen LogP contribution in [-0.4, -0.2) is 18.0 Å². The Morgan fingerprint density at radius 1 is 1.07 bits per heavy atom. The zero-order chi connectivity index (χ0) is 19.4. The topological polar surface area (TPSA) is 55.4 Å². The van der Waals surface area contributed by atoms with Crippen molar-refractivity contribution >= 4 is 17.6 Å². The lowest BCUT2D eigenvalue weighted by Gasteiger charge is -2.17. The molecule has 1 aliphatic carbocycles. The van der Waals surface area contributed by atoms with E-state index in [1.165, 1.54) is 30.5 Å². The second-order valence-corrected chi connectivity index (χ2v) is 6.70. The summed E-state index contributed by atoms with van der Waals surface area (Å²) in [5.41, 5.74) is 2.85. The van der Waals surface area contributed by atoms with Crippen molar-refractivity contribution in [1.82, 2.24) is 0 Å². The fraction of sp³-hybridized carbons (Fsp3) is 0.333. The normalized spacial score (nSPS) is 14.2. The number of fused-ring (bicyclic) bond motifs is 1. The van der Waals surface area contributed by atoms with Crippen LogP contribution in [0.2, 0.25) is 0 Å². The molecule has 0 fully saturated rings. The van der Waals surface area contributed by atoms with Gasteiger partial charge in [-0.2, -0.15) is 0 Å². The lowest BCUT2D eigenvalue weighted by atomic mass is 9.90. The number of hydrogen-bond donors (Lipinski definition) is 1. The highest BCUT2D eigenvalue weighted by atomic mass is 19.1. The summed E-state index contributed by atoms with van der Waals surface area (Å²) in [5, 5.41) is 2.12. The highest BCUT2D eigenvalue weighted by Crippen LogP contribution is 2.23. The third-order valence-electron chi connectivity index (χ3n) is 4.65. The largest absolute Gasteiger partial charge is 0.452 e. The number of halogens is 2. The van der Waals surface area contributed by atoms with E-state index in [0.29, 0.717) is 0 Å². The fourth-order valence-electron chi connectivity index (χ4n) is 3.20. The van der Waals surface area contributed by atoms with E-state index < -0.39 is 35.3 Å². The molecule has 27 heavy (non-hydrogen) atoms. The van der Waals surface area contributed by atoms with Gasteiger partial charge in [-0.3, -0.25) is 9.59 Å². The van der Waals surface area contributed by atoms with E-state index >= 15 is 0 Å². The van der Waals surface area contributed by atoms with Gasteiger partial charge in [-0.1, -0.05) is 24.3 Å². The summed E-state index contributed by atoms with van der Waals surface area (Å²) in [7, 11) is 0. The minimum absolute atomic E-state index is 0.0406. The fourth-order valence-corrected chi connectivity index (χ4v) is 3.20. The Bertz CT molecular complexity index is 846. The minimum atomic E-state index is -1.17. The maximum Gasteiger partial charge on any atom is 0.311 e. The predicted molar refractivity (Wildman–Crippen MR) is 97.3 cm³/mol. The number of esters is 1. The van der Waals surface area contributed by atoms with Crippen molar-refractivity contribution in [3.05, 3.63) is 64.7 Å². The number of aryl methyl sites for hydroxylation is 2. The van der Waals surface area contributed by atoms with Gasteiger partial charge in [-0.15, -0.1) is 0 Å². The van der Waals surface area contributed by atoms with E-state index in [1.54, 1.807) is 0 Å². The van der Waals surface area contributed by atoms with Gasteiger partial charge in [0.25, 0.3) is 5.91 Å². The van der Waals surface area contributed by atoms with Crippen LogP contribution in [0.1, 0.15) is 36.5 Å². The van der Waals surface area contributed by atoms with Gasteiger partial charge in [0.15, 0.2) is 6.10 Å². The van der Waals surface area contributed by atoms with Gasteiger partial charge >= 0.3 is 5.97 Å². The molecule has 0 unspecified atom stereocenters. The first kappa shape index (κ1) is 19.0. The van der Waals surface area contributed by atoms with Crippen LogP contribution in [0.15, 0.2) is 36.4 Å². The van der Waals surface area contributed by atoms with Crippen LogP contribution >= 0.6 is 0 Å². The first-order chi connectivity index (χ1) is 12.9. The molecule has 0 saturated heterocycles. The summed E-state index contributed by atoms with van der Waals surface area (Å²) in [6.07, 6.45) is 3.26. The molecule has 1 atom stereocenters. The van der Waals surface area contributed by atoms with Crippen LogP contribution in [-0.2, 0) is 33.6 Å². The van der Waals surface area contributed by atoms with E-state index in [0.717, 1.165) is 37.0 Å². The van der Waals surface area contributed by atoms with Crippen LogP contribution in [0.25, 0.3) is 0 Å².